The number of aromatic nitrogens is 3. The van der Waals surface area contributed by atoms with Gasteiger partial charge < -0.3 is 5.32 Å². The molecule has 0 spiro atoms. The van der Waals surface area contributed by atoms with Crippen molar-refractivity contribution in [3.05, 3.63) is 97.9 Å². The van der Waals surface area contributed by atoms with E-state index in [4.69, 9.17) is 11.6 Å². The molecular formula is C27H23ClF3N5OS. The molecule has 38 heavy (non-hydrogen) atoms. The summed E-state index contributed by atoms with van der Waals surface area (Å²) in [6, 6.07) is 12.4. The molecule has 0 unspecified atom stereocenters. The second kappa shape index (κ2) is 9.52. The van der Waals surface area contributed by atoms with E-state index in [1.807, 2.05) is 31.2 Å². The maximum absolute atomic E-state index is 13.1. The van der Waals surface area contributed by atoms with Crippen molar-refractivity contribution in [2.75, 3.05) is 0 Å². The minimum atomic E-state index is -4.39. The second-order valence-corrected chi connectivity index (χ2v) is 11.1. The van der Waals surface area contributed by atoms with Crippen LogP contribution in [0.3, 0.4) is 0 Å². The van der Waals surface area contributed by atoms with Crippen LogP contribution in [-0.2, 0) is 36.9 Å². The number of hydrogen-bond acceptors (Lipinski definition) is 5. The van der Waals surface area contributed by atoms with Crippen molar-refractivity contribution in [1.82, 2.24) is 25.4 Å². The van der Waals surface area contributed by atoms with Gasteiger partial charge in [0, 0.05) is 27.9 Å². The summed E-state index contributed by atoms with van der Waals surface area (Å²) in [7, 11) is 0. The molecule has 1 aliphatic carbocycles. The van der Waals surface area contributed by atoms with E-state index in [0.29, 0.717) is 30.0 Å². The zero-order valence-corrected chi connectivity index (χ0v) is 21.8. The molecule has 6 rings (SSSR count). The first-order valence-corrected chi connectivity index (χ1v) is 13.4. The van der Waals surface area contributed by atoms with Crippen LogP contribution in [0.2, 0.25) is 5.02 Å². The third-order valence-corrected chi connectivity index (χ3v) is 8.78. The van der Waals surface area contributed by atoms with E-state index < -0.39 is 11.7 Å². The second-order valence-electron chi connectivity index (χ2n) is 9.57. The Balaban J connectivity index is 1.26. The molecule has 1 amide bonds. The highest BCUT2D eigenvalue weighted by molar-refractivity contribution is 7.15. The molecule has 196 valence electrons. The number of alkyl halides is 3. The van der Waals surface area contributed by atoms with Crippen LogP contribution in [0, 0.1) is 12.8 Å². The van der Waals surface area contributed by atoms with Crippen LogP contribution in [0.1, 0.15) is 50.4 Å². The molecule has 0 saturated heterocycles. The predicted molar refractivity (Wildman–Crippen MR) is 138 cm³/mol. The lowest BCUT2D eigenvalue weighted by Gasteiger charge is -2.20. The van der Waals surface area contributed by atoms with Crippen molar-refractivity contribution in [3.63, 3.8) is 0 Å². The Bertz CT molecular complexity index is 1530. The topological polar surface area (TPSA) is 71.8 Å². The molecule has 0 saturated carbocycles. The monoisotopic (exact) mass is 557 g/mol. The zero-order chi connectivity index (χ0) is 26.6. The molecular weight excluding hydrogens is 535 g/mol. The molecule has 2 aromatic carbocycles. The number of nitrogens with zero attached hydrogens (tertiary/aromatic N) is 3. The van der Waals surface area contributed by atoms with E-state index in [1.54, 1.807) is 11.3 Å². The fourth-order valence-electron chi connectivity index (χ4n) is 5.29. The summed E-state index contributed by atoms with van der Waals surface area (Å²) in [5, 5.41) is 16.9. The van der Waals surface area contributed by atoms with Crippen molar-refractivity contribution in [2.24, 2.45) is 5.92 Å². The summed E-state index contributed by atoms with van der Waals surface area (Å²) >= 11 is 8.28. The van der Waals surface area contributed by atoms with Crippen LogP contribution in [0.15, 0.2) is 48.5 Å². The summed E-state index contributed by atoms with van der Waals surface area (Å²) in [4.78, 5) is 14.3. The smallest absolute Gasteiger partial charge is 0.352 e. The highest BCUT2D eigenvalue weighted by atomic mass is 35.5. The SMILES string of the molecule is Cc1nnc2n1-c1sc3c(c1[C@@H](c1ccccc1Cl)NC2)C[C@@H](C(=O)NCc1ccc(C(F)(F)F)cc1)C3. The first kappa shape index (κ1) is 25.1. The first-order valence-electron chi connectivity index (χ1n) is 12.2. The number of hydrogen-bond donors (Lipinski definition) is 2. The van der Waals surface area contributed by atoms with Gasteiger partial charge in [-0.3, -0.25) is 14.7 Å². The van der Waals surface area contributed by atoms with Crippen LogP contribution in [0.5, 0.6) is 0 Å². The van der Waals surface area contributed by atoms with Gasteiger partial charge in [0.05, 0.1) is 18.2 Å². The molecule has 0 bridgehead atoms. The Labute approximate surface area is 225 Å². The fraction of sp³-hybridized carbons (Fsp3) is 0.296. The van der Waals surface area contributed by atoms with Crippen LogP contribution < -0.4 is 10.6 Å². The van der Waals surface area contributed by atoms with E-state index in [-0.39, 0.29) is 24.4 Å². The molecule has 3 heterocycles. The highest BCUT2D eigenvalue weighted by Gasteiger charge is 2.38. The fourth-order valence-corrected chi connectivity index (χ4v) is 7.05. The number of carbonyl (C=O) groups excluding carboxylic acids is 1. The third kappa shape index (κ3) is 4.40. The Kier molecular flexibility index (Phi) is 6.28. The van der Waals surface area contributed by atoms with Crippen LogP contribution in [0.4, 0.5) is 13.2 Å². The number of rotatable bonds is 4. The molecule has 2 N–H and O–H groups in total. The van der Waals surface area contributed by atoms with Gasteiger partial charge in [0.1, 0.15) is 10.8 Å². The van der Waals surface area contributed by atoms with Gasteiger partial charge in [-0.25, -0.2) is 0 Å². The average molecular weight is 558 g/mol. The van der Waals surface area contributed by atoms with Crippen molar-refractivity contribution < 1.29 is 18.0 Å². The maximum atomic E-state index is 13.1. The molecule has 4 aromatic rings. The minimum absolute atomic E-state index is 0.112. The molecule has 0 radical (unpaired) electrons. The summed E-state index contributed by atoms with van der Waals surface area (Å²) in [6.07, 6.45) is -3.22. The van der Waals surface area contributed by atoms with Crippen LogP contribution in [0.25, 0.3) is 5.00 Å². The zero-order valence-electron chi connectivity index (χ0n) is 20.3. The number of nitrogens with one attached hydrogen (secondary N) is 2. The quantitative estimate of drug-likeness (QED) is 0.346. The molecule has 1 aliphatic heterocycles. The lowest BCUT2D eigenvalue weighted by molar-refractivity contribution is -0.137. The Morgan fingerprint density at radius 3 is 2.66 bits per heavy atom. The van der Waals surface area contributed by atoms with Crippen LogP contribution >= 0.6 is 22.9 Å². The summed E-state index contributed by atoms with van der Waals surface area (Å²) in [5.41, 5.74) is 3.10. The molecule has 6 nitrogen and oxygen atoms in total. The average Bonchev–Trinajstić information content (AvgIpc) is 3.53. The molecule has 0 fully saturated rings. The third-order valence-electron chi connectivity index (χ3n) is 7.18. The van der Waals surface area contributed by atoms with E-state index in [0.717, 1.165) is 50.4 Å². The minimum Gasteiger partial charge on any atom is -0.352 e. The van der Waals surface area contributed by atoms with Gasteiger partial charge >= 0.3 is 6.18 Å². The molecule has 2 aliphatic rings. The van der Waals surface area contributed by atoms with E-state index in [9.17, 15) is 18.0 Å². The largest absolute Gasteiger partial charge is 0.416 e. The van der Waals surface area contributed by atoms with Crippen molar-refractivity contribution in [2.45, 2.75) is 45.1 Å². The lowest BCUT2D eigenvalue weighted by Crippen LogP contribution is -2.31. The Morgan fingerprint density at radius 2 is 1.92 bits per heavy atom. The number of aryl methyl sites for hydroxylation is 1. The van der Waals surface area contributed by atoms with Crippen molar-refractivity contribution >= 4 is 28.8 Å². The van der Waals surface area contributed by atoms with Gasteiger partial charge in [0.15, 0.2) is 5.82 Å². The van der Waals surface area contributed by atoms with Gasteiger partial charge in [-0.15, -0.1) is 21.5 Å². The number of carbonyl (C=O) groups is 1. The molecule has 2 atom stereocenters. The van der Waals surface area contributed by atoms with E-state index >= 15 is 0 Å². The first-order chi connectivity index (χ1) is 18.2. The number of amides is 1. The highest BCUT2D eigenvalue weighted by Crippen LogP contribution is 2.47. The van der Waals surface area contributed by atoms with Crippen molar-refractivity contribution in [1.29, 1.82) is 0 Å². The number of benzene rings is 2. The Hall–Kier alpha value is -3.21. The summed E-state index contributed by atoms with van der Waals surface area (Å²) in [5.74, 6) is 1.25. The van der Waals surface area contributed by atoms with Gasteiger partial charge in [-0.2, -0.15) is 13.2 Å². The normalized spacial score (nSPS) is 18.4. The lowest BCUT2D eigenvalue weighted by atomic mass is 9.94. The number of fused-ring (bicyclic) bond motifs is 5. The maximum Gasteiger partial charge on any atom is 0.416 e. The Morgan fingerprint density at radius 1 is 1.16 bits per heavy atom. The summed E-state index contributed by atoms with van der Waals surface area (Å²) < 4.78 is 40.6. The molecule has 11 heteroatoms. The van der Waals surface area contributed by atoms with E-state index in [2.05, 4.69) is 25.4 Å². The van der Waals surface area contributed by atoms with E-state index in [1.165, 1.54) is 12.1 Å². The van der Waals surface area contributed by atoms with Crippen LogP contribution in [-0.4, -0.2) is 20.7 Å². The standard InChI is InChI=1S/C27H23ClF3N5OS/c1-14-34-35-22-13-32-24(18-4-2-3-5-20(18)28)23-19-10-16(11-21(19)38-26(23)36(14)22)25(37)33-12-15-6-8-17(9-7-15)27(29,30)31/h2-9,16,24,32H,10-13H2,1H3,(H,33,37)/t16-,24-/m1/s1. The van der Waals surface area contributed by atoms with Gasteiger partial charge in [0.25, 0.3) is 0 Å². The van der Waals surface area contributed by atoms with Gasteiger partial charge in [-0.1, -0.05) is 41.9 Å². The van der Waals surface area contributed by atoms with Crippen molar-refractivity contribution in [3.8, 4) is 5.00 Å². The number of halogens is 4. The predicted octanol–water partition coefficient (Wildman–Crippen LogP) is 5.53. The summed E-state index contributed by atoms with van der Waals surface area (Å²) in [6.45, 7) is 2.62. The molecule has 2 aromatic heterocycles. The van der Waals surface area contributed by atoms with Gasteiger partial charge in [0.2, 0.25) is 5.91 Å². The van der Waals surface area contributed by atoms with Gasteiger partial charge in [-0.05, 0) is 54.7 Å². The number of thiophene rings is 1.